The van der Waals surface area contributed by atoms with E-state index in [2.05, 4.69) is 10.6 Å². The van der Waals surface area contributed by atoms with Gasteiger partial charge in [-0.1, -0.05) is 0 Å². The summed E-state index contributed by atoms with van der Waals surface area (Å²) in [7, 11) is 0. The smallest absolute Gasteiger partial charge is 0.305 e. The number of aromatic nitrogens is 1. The zero-order valence-corrected chi connectivity index (χ0v) is 6.73. The minimum absolute atomic E-state index is 0.187. The van der Waals surface area contributed by atoms with Crippen LogP contribution < -0.4 is 0 Å². The average Bonchev–Trinajstić information content (AvgIpc) is 2.52. The molecule has 12 heavy (non-hydrogen) atoms. The summed E-state index contributed by atoms with van der Waals surface area (Å²) in [4.78, 5) is 10.5. The van der Waals surface area contributed by atoms with Gasteiger partial charge in [0.05, 0.1) is 6.42 Å². The van der Waals surface area contributed by atoms with Gasteiger partial charge in [0.15, 0.2) is 0 Å². The minimum atomic E-state index is -0.707. The number of aliphatic carboxylic acids is 1. The highest BCUT2D eigenvalue weighted by Gasteiger charge is 2.22. The zero-order valence-electron chi connectivity index (χ0n) is 6.73. The Hall–Kier alpha value is -1.25. The topological polar surface area (TPSA) is 42.2 Å². The highest BCUT2D eigenvalue weighted by molar-refractivity contribution is 5.67. The van der Waals surface area contributed by atoms with Crippen molar-refractivity contribution in [3.8, 4) is 0 Å². The molecule has 1 aromatic heterocycles. The second-order valence-corrected chi connectivity index (χ2v) is 3.20. The maximum Gasteiger partial charge on any atom is 0.305 e. The van der Waals surface area contributed by atoms with Gasteiger partial charge < -0.3 is 9.67 Å². The van der Waals surface area contributed by atoms with Gasteiger partial charge in [-0.15, -0.1) is 0 Å². The molecule has 2 rings (SSSR count). The molecule has 1 aliphatic rings. The monoisotopic (exact) mass is 165 g/mol. The van der Waals surface area contributed by atoms with Crippen molar-refractivity contribution in [1.82, 2.24) is 4.57 Å². The fraction of sp³-hybridized carbons (Fsp3) is 0.444. The standard InChI is InChI=1S/C9H11NO2/c11-9(12)6-8-4-3-7-2-1-5-10(7)8/h1-2,5,8H,3-4,6H2,(H,11,12). The van der Waals surface area contributed by atoms with E-state index in [-0.39, 0.29) is 12.5 Å². The van der Waals surface area contributed by atoms with E-state index in [9.17, 15) is 4.79 Å². The molecule has 0 aromatic carbocycles. The van der Waals surface area contributed by atoms with Gasteiger partial charge in [0.25, 0.3) is 0 Å². The van der Waals surface area contributed by atoms with Crippen molar-refractivity contribution in [3.05, 3.63) is 24.0 Å². The molecule has 0 fully saturated rings. The van der Waals surface area contributed by atoms with Crippen LogP contribution in [0.4, 0.5) is 0 Å². The summed E-state index contributed by atoms with van der Waals surface area (Å²) in [6.07, 6.45) is 4.21. The molecule has 64 valence electrons. The van der Waals surface area contributed by atoms with Gasteiger partial charge in [0.1, 0.15) is 0 Å². The van der Waals surface area contributed by atoms with Crippen LogP contribution in [0.15, 0.2) is 18.3 Å². The average molecular weight is 165 g/mol. The first-order chi connectivity index (χ1) is 5.77. The Kier molecular flexibility index (Phi) is 1.64. The molecule has 2 heterocycles. The summed E-state index contributed by atoms with van der Waals surface area (Å²) in [6, 6.07) is 4.22. The number of aryl methyl sites for hydroxylation is 1. The molecule has 3 heteroatoms. The van der Waals surface area contributed by atoms with Crippen LogP contribution in [-0.2, 0) is 11.2 Å². The van der Waals surface area contributed by atoms with Gasteiger partial charge in [-0.25, -0.2) is 0 Å². The van der Waals surface area contributed by atoms with Crippen LogP contribution in [0, 0.1) is 0 Å². The molecule has 0 saturated carbocycles. The third-order valence-electron chi connectivity index (χ3n) is 2.40. The minimum Gasteiger partial charge on any atom is -0.481 e. The zero-order chi connectivity index (χ0) is 8.55. The maximum absolute atomic E-state index is 10.5. The van der Waals surface area contributed by atoms with Crippen molar-refractivity contribution in [2.75, 3.05) is 0 Å². The molecule has 1 atom stereocenters. The Morgan fingerprint density at radius 2 is 2.58 bits per heavy atom. The maximum atomic E-state index is 10.5. The number of carboxylic acids is 1. The lowest BCUT2D eigenvalue weighted by Gasteiger charge is -2.09. The van der Waals surface area contributed by atoms with Crippen molar-refractivity contribution in [3.63, 3.8) is 0 Å². The second kappa shape index (κ2) is 2.66. The summed E-state index contributed by atoms with van der Waals surface area (Å²) >= 11 is 0. The van der Waals surface area contributed by atoms with Crippen LogP contribution in [0.3, 0.4) is 0 Å². The van der Waals surface area contributed by atoms with Crippen molar-refractivity contribution in [2.24, 2.45) is 0 Å². The molecule has 0 spiro atoms. The number of nitrogens with zero attached hydrogens (tertiary/aromatic N) is 1. The Balaban J connectivity index is 2.17. The molecule has 1 aliphatic heterocycles. The van der Waals surface area contributed by atoms with E-state index in [1.54, 1.807) is 0 Å². The molecule has 1 unspecified atom stereocenters. The normalized spacial score (nSPS) is 20.8. The van der Waals surface area contributed by atoms with Gasteiger partial charge in [-0.05, 0) is 25.0 Å². The van der Waals surface area contributed by atoms with E-state index in [1.165, 1.54) is 5.69 Å². The predicted octanol–water partition coefficient (Wildman–Crippen LogP) is 1.45. The van der Waals surface area contributed by atoms with Crippen molar-refractivity contribution in [1.29, 1.82) is 0 Å². The number of hydrogen-bond acceptors (Lipinski definition) is 1. The molecule has 0 amide bonds. The van der Waals surface area contributed by atoms with Crippen molar-refractivity contribution >= 4 is 5.97 Å². The fourth-order valence-corrected chi connectivity index (χ4v) is 1.85. The number of rotatable bonds is 2. The molecule has 0 radical (unpaired) electrons. The van der Waals surface area contributed by atoms with E-state index in [4.69, 9.17) is 5.11 Å². The number of fused-ring (bicyclic) bond motifs is 1. The molecule has 1 aromatic rings. The van der Waals surface area contributed by atoms with Crippen molar-refractivity contribution in [2.45, 2.75) is 25.3 Å². The van der Waals surface area contributed by atoms with Crippen LogP contribution in [0.25, 0.3) is 0 Å². The SMILES string of the molecule is O=C(O)CC1CCc2cccn21. The lowest BCUT2D eigenvalue weighted by Crippen LogP contribution is -2.08. The number of hydrogen-bond donors (Lipinski definition) is 1. The van der Waals surface area contributed by atoms with Crippen LogP contribution in [0.2, 0.25) is 0 Å². The van der Waals surface area contributed by atoms with Gasteiger partial charge in [-0.2, -0.15) is 0 Å². The van der Waals surface area contributed by atoms with Crippen molar-refractivity contribution < 1.29 is 9.90 Å². The fourth-order valence-electron chi connectivity index (χ4n) is 1.85. The molecule has 0 saturated heterocycles. The summed E-state index contributed by atoms with van der Waals surface area (Å²) in [5, 5.41) is 8.62. The molecule has 1 N–H and O–H groups in total. The predicted molar refractivity (Wildman–Crippen MR) is 44.0 cm³/mol. The lowest BCUT2D eigenvalue weighted by atomic mass is 10.1. The number of carboxylic acid groups (broad SMARTS) is 1. The Labute approximate surface area is 70.6 Å². The van der Waals surface area contributed by atoms with Crippen LogP contribution >= 0.6 is 0 Å². The van der Waals surface area contributed by atoms with Crippen LogP contribution in [0.5, 0.6) is 0 Å². The van der Waals surface area contributed by atoms with Gasteiger partial charge in [0, 0.05) is 17.9 Å². The Bertz CT molecular complexity index is 303. The Morgan fingerprint density at radius 3 is 3.33 bits per heavy atom. The summed E-state index contributed by atoms with van der Waals surface area (Å²) in [6.45, 7) is 0. The molecule has 0 bridgehead atoms. The molecule has 3 nitrogen and oxygen atoms in total. The second-order valence-electron chi connectivity index (χ2n) is 3.20. The first-order valence-electron chi connectivity index (χ1n) is 4.15. The molecular formula is C9H11NO2. The van der Waals surface area contributed by atoms with E-state index >= 15 is 0 Å². The van der Waals surface area contributed by atoms with E-state index < -0.39 is 5.97 Å². The van der Waals surface area contributed by atoms with Gasteiger partial charge >= 0.3 is 5.97 Å². The first-order valence-corrected chi connectivity index (χ1v) is 4.15. The van der Waals surface area contributed by atoms with E-state index in [0.717, 1.165) is 12.8 Å². The highest BCUT2D eigenvalue weighted by atomic mass is 16.4. The molecule has 0 aliphatic carbocycles. The van der Waals surface area contributed by atoms with Crippen LogP contribution in [0.1, 0.15) is 24.6 Å². The van der Waals surface area contributed by atoms with Gasteiger partial charge in [-0.3, -0.25) is 4.79 Å². The summed E-state index contributed by atoms with van der Waals surface area (Å²) in [5.74, 6) is -0.707. The first kappa shape index (κ1) is 7.40. The molecular weight excluding hydrogens is 154 g/mol. The quantitative estimate of drug-likeness (QED) is 0.720. The Morgan fingerprint density at radius 1 is 1.75 bits per heavy atom. The van der Waals surface area contributed by atoms with E-state index in [1.807, 2.05) is 12.3 Å². The summed E-state index contributed by atoms with van der Waals surface area (Å²) < 4.78 is 2.08. The largest absolute Gasteiger partial charge is 0.481 e. The highest BCUT2D eigenvalue weighted by Crippen LogP contribution is 2.28. The third kappa shape index (κ3) is 1.11. The number of carbonyl (C=O) groups is 1. The third-order valence-corrected chi connectivity index (χ3v) is 2.40. The van der Waals surface area contributed by atoms with Crippen LogP contribution in [-0.4, -0.2) is 15.6 Å². The lowest BCUT2D eigenvalue weighted by molar-refractivity contribution is -0.137. The summed E-state index contributed by atoms with van der Waals surface area (Å²) in [5.41, 5.74) is 1.27. The van der Waals surface area contributed by atoms with Gasteiger partial charge in [0.2, 0.25) is 0 Å². The van der Waals surface area contributed by atoms with E-state index in [0.29, 0.717) is 0 Å².